The van der Waals surface area contributed by atoms with E-state index in [1.165, 1.54) is 0 Å². The summed E-state index contributed by atoms with van der Waals surface area (Å²) in [5.74, 6) is 0.204. The third-order valence-electron chi connectivity index (χ3n) is 2.74. The summed E-state index contributed by atoms with van der Waals surface area (Å²) in [5, 5.41) is 1.43. The minimum absolute atomic E-state index is 0.0827. The number of halogens is 1. The highest BCUT2D eigenvalue weighted by atomic mass is 35.5. The lowest BCUT2D eigenvalue weighted by Gasteiger charge is -2.11. The van der Waals surface area contributed by atoms with Gasteiger partial charge in [-0.3, -0.25) is 4.79 Å². The van der Waals surface area contributed by atoms with Gasteiger partial charge in [0.15, 0.2) is 5.76 Å². The molecule has 1 aromatic carbocycles. The number of carbonyl (C=O) groups excluding carboxylic acids is 1. The van der Waals surface area contributed by atoms with Crippen LogP contribution in [-0.4, -0.2) is 11.8 Å². The van der Waals surface area contributed by atoms with Gasteiger partial charge in [0, 0.05) is 10.4 Å². The molecule has 0 amide bonds. The lowest BCUT2D eigenvalue weighted by atomic mass is 9.99. The van der Waals surface area contributed by atoms with Gasteiger partial charge in [-0.1, -0.05) is 25.4 Å². The fourth-order valence-corrected chi connectivity index (χ4v) is 1.78. The Morgan fingerprint density at radius 1 is 1.35 bits per heavy atom. The molecular formula is C13H14ClNO2. The van der Waals surface area contributed by atoms with Gasteiger partial charge in [-0.05, 0) is 30.2 Å². The van der Waals surface area contributed by atoms with Crippen molar-refractivity contribution in [3.63, 3.8) is 0 Å². The first kappa shape index (κ1) is 12.1. The van der Waals surface area contributed by atoms with Gasteiger partial charge < -0.3 is 10.2 Å². The van der Waals surface area contributed by atoms with Gasteiger partial charge in [0.05, 0.1) is 6.04 Å². The van der Waals surface area contributed by atoms with Gasteiger partial charge in [-0.25, -0.2) is 0 Å². The molecule has 0 aliphatic rings. The fourth-order valence-electron chi connectivity index (χ4n) is 1.60. The molecule has 1 unspecified atom stereocenters. The quantitative estimate of drug-likeness (QED) is 0.852. The van der Waals surface area contributed by atoms with E-state index < -0.39 is 6.04 Å². The number of ketones is 1. The summed E-state index contributed by atoms with van der Waals surface area (Å²) in [5.41, 5.74) is 6.46. The lowest BCUT2D eigenvalue weighted by Crippen LogP contribution is -2.35. The first-order valence-corrected chi connectivity index (χ1v) is 5.85. The number of hydrogen-bond acceptors (Lipinski definition) is 3. The lowest BCUT2D eigenvalue weighted by molar-refractivity contribution is 0.0915. The van der Waals surface area contributed by atoms with Crippen molar-refractivity contribution in [1.29, 1.82) is 0 Å². The Bertz CT molecular complexity index is 560. The summed E-state index contributed by atoms with van der Waals surface area (Å²) in [6.07, 6.45) is 0. The zero-order valence-electron chi connectivity index (χ0n) is 9.74. The summed E-state index contributed by atoms with van der Waals surface area (Å²) < 4.78 is 5.47. The molecule has 2 N–H and O–H groups in total. The Kier molecular flexibility index (Phi) is 3.22. The van der Waals surface area contributed by atoms with Crippen molar-refractivity contribution in [2.45, 2.75) is 19.9 Å². The Morgan fingerprint density at radius 3 is 2.71 bits per heavy atom. The molecule has 90 valence electrons. The van der Waals surface area contributed by atoms with Crippen molar-refractivity contribution >= 4 is 28.4 Å². The smallest absolute Gasteiger partial charge is 0.214 e. The van der Waals surface area contributed by atoms with Crippen LogP contribution in [0.3, 0.4) is 0 Å². The molecule has 0 fully saturated rings. The molecule has 0 aliphatic heterocycles. The van der Waals surface area contributed by atoms with E-state index in [0.717, 1.165) is 5.39 Å². The molecule has 0 saturated carbocycles. The maximum absolute atomic E-state index is 12.0. The van der Waals surface area contributed by atoms with Crippen LogP contribution in [0.25, 0.3) is 11.0 Å². The Labute approximate surface area is 105 Å². The molecule has 0 bridgehead atoms. The van der Waals surface area contributed by atoms with Crippen LogP contribution in [-0.2, 0) is 0 Å². The SMILES string of the molecule is CC(C)C(N)C(=O)c1cc2cc(Cl)ccc2o1. The van der Waals surface area contributed by atoms with Crippen LogP contribution in [0.1, 0.15) is 24.4 Å². The average Bonchev–Trinajstić information content (AvgIpc) is 2.69. The van der Waals surface area contributed by atoms with Gasteiger partial charge in [-0.15, -0.1) is 0 Å². The van der Waals surface area contributed by atoms with Crippen molar-refractivity contribution in [3.8, 4) is 0 Å². The van der Waals surface area contributed by atoms with Crippen LogP contribution in [0.15, 0.2) is 28.7 Å². The van der Waals surface area contributed by atoms with Crippen molar-refractivity contribution < 1.29 is 9.21 Å². The van der Waals surface area contributed by atoms with Gasteiger partial charge in [-0.2, -0.15) is 0 Å². The van der Waals surface area contributed by atoms with Crippen LogP contribution in [0, 0.1) is 5.92 Å². The third kappa shape index (κ3) is 2.35. The standard InChI is InChI=1S/C13H14ClNO2/c1-7(2)12(15)13(16)11-6-8-5-9(14)3-4-10(8)17-11/h3-7,12H,15H2,1-2H3. The zero-order valence-corrected chi connectivity index (χ0v) is 10.5. The summed E-state index contributed by atoms with van der Waals surface area (Å²) >= 11 is 5.87. The minimum atomic E-state index is -0.536. The first-order chi connectivity index (χ1) is 7.99. The van der Waals surface area contributed by atoms with E-state index in [-0.39, 0.29) is 11.7 Å². The molecule has 4 heteroatoms. The molecule has 0 spiro atoms. The second-order valence-electron chi connectivity index (χ2n) is 4.43. The number of fused-ring (bicyclic) bond motifs is 1. The fraction of sp³-hybridized carbons (Fsp3) is 0.308. The van der Waals surface area contributed by atoms with Gasteiger partial charge in [0.25, 0.3) is 0 Å². The molecule has 1 atom stereocenters. The predicted molar refractivity (Wildman–Crippen MR) is 68.4 cm³/mol. The van der Waals surface area contributed by atoms with Crippen LogP contribution in [0.5, 0.6) is 0 Å². The van der Waals surface area contributed by atoms with Crippen molar-refractivity contribution in [2.75, 3.05) is 0 Å². The number of nitrogens with two attached hydrogens (primary N) is 1. The summed E-state index contributed by atoms with van der Waals surface area (Å²) in [4.78, 5) is 12.0. The van der Waals surface area contributed by atoms with Crippen molar-refractivity contribution in [3.05, 3.63) is 35.0 Å². The largest absolute Gasteiger partial charge is 0.453 e. The van der Waals surface area contributed by atoms with E-state index in [1.807, 2.05) is 13.8 Å². The molecular weight excluding hydrogens is 238 g/mol. The Balaban J connectivity index is 2.40. The number of hydrogen-bond donors (Lipinski definition) is 1. The van der Waals surface area contributed by atoms with Gasteiger partial charge in [0.2, 0.25) is 5.78 Å². The van der Waals surface area contributed by atoms with Crippen LogP contribution >= 0.6 is 11.6 Å². The Morgan fingerprint density at radius 2 is 2.06 bits per heavy atom. The molecule has 0 aliphatic carbocycles. The van der Waals surface area contributed by atoms with E-state index >= 15 is 0 Å². The maximum Gasteiger partial charge on any atom is 0.214 e. The van der Waals surface area contributed by atoms with E-state index in [1.54, 1.807) is 24.3 Å². The second-order valence-corrected chi connectivity index (χ2v) is 4.86. The van der Waals surface area contributed by atoms with E-state index in [9.17, 15) is 4.79 Å². The Hall–Kier alpha value is -1.32. The number of carbonyl (C=O) groups is 1. The summed E-state index contributed by atoms with van der Waals surface area (Å²) in [6, 6.07) is 6.38. The van der Waals surface area contributed by atoms with Crippen LogP contribution in [0.2, 0.25) is 5.02 Å². The van der Waals surface area contributed by atoms with Crippen LogP contribution in [0.4, 0.5) is 0 Å². The molecule has 2 aromatic rings. The molecule has 1 heterocycles. The average molecular weight is 252 g/mol. The monoisotopic (exact) mass is 251 g/mol. The van der Waals surface area contributed by atoms with Crippen LogP contribution < -0.4 is 5.73 Å². The highest BCUT2D eigenvalue weighted by Gasteiger charge is 2.22. The van der Waals surface area contributed by atoms with Gasteiger partial charge in [0.1, 0.15) is 5.58 Å². The van der Waals surface area contributed by atoms with Gasteiger partial charge >= 0.3 is 0 Å². The minimum Gasteiger partial charge on any atom is -0.453 e. The summed E-state index contributed by atoms with van der Waals surface area (Å²) in [7, 11) is 0. The normalized spacial score (nSPS) is 13.2. The first-order valence-electron chi connectivity index (χ1n) is 5.48. The molecule has 17 heavy (non-hydrogen) atoms. The molecule has 3 nitrogen and oxygen atoms in total. The van der Waals surface area contributed by atoms with E-state index in [0.29, 0.717) is 16.4 Å². The number of Topliss-reactive ketones (excluding diaryl/α,β-unsaturated/α-hetero) is 1. The second kappa shape index (κ2) is 4.51. The highest BCUT2D eigenvalue weighted by molar-refractivity contribution is 6.31. The number of furan rings is 1. The summed E-state index contributed by atoms with van der Waals surface area (Å²) in [6.45, 7) is 3.81. The molecule has 0 saturated heterocycles. The molecule has 1 aromatic heterocycles. The topological polar surface area (TPSA) is 56.2 Å². The van der Waals surface area contributed by atoms with E-state index in [2.05, 4.69) is 0 Å². The van der Waals surface area contributed by atoms with Crippen molar-refractivity contribution in [1.82, 2.24) is 0 Å². The third-order valence-corrected chi connectivity index (χ3v) is 2.98. The number of rotatable bonds is 3. The zero-order chi connectivity index (χ0) is 12.6. The maximum atomic E-state index is 12.0. The molecule has 2 rings (SSSR count). The highest BCUT2D eigenvalue weighted by Crippen LogP contribution is 2.24. The van der Waals surface area contributed by atoms with E-state index in [4.69, 9.17) is 21.8 Å². The van der Waals surface area contributed by atoms with Crippen molar-refractivity contribution in [2.24, 2.45) is 11.7 Å². The number of benzene rings is 1. The predicted octanol–water partition coefficient (Wildman–Crippen LogP) is 3.25. The molecule has 0 radical (unpaired) electrons.